The third-order valence-corrected chi connectivity index (χ3v) is 24.3. The average molecular weight is 1970 g/mol. The molecule has 128 heavy (non-hydrogen) atoms. The number of allylic oxidation sites excluding steroid dienone is 2. The van der Waals surface area contributed by atoms with Crippen LogP contribution >= 0.6 is 0 Å². The Balaban J connectivity index is 0.000000191. The molecule has 0 amide bonds. The normalized spacial score (nSPS) is 36.7. The Morgan fingerprint density at radius 2 is 1.09 bits per heavy atom. The van der Waals surface area contributed by atoms with Crippen LogP contribution in [0.4, 0.5) is 20.2 Å². The molecule has 2 aromatic carbocycles. The first-order valence-corrected chi connectivity index (χ1v) is 41.1. The van der Waals surface area contributed by atoms with E-state index in [1.165, 1.54) is 18.3 Å². The number of ether oxygens (including phenoxy) is 10. The van der Waals surface area contributed by atoms with E-state index >= 15 is 4.39 Å². The topological polar surface area (TPSA) is 721 Å². The van der Waals surface area contributed by atoms with E-state index in [1.807, 2.05) is 25.3 Å². The third kappa shape index (κ3) is 24.4. The van der Waals surface area contributed by atoms with E-state index in [1.54, 1.807) is 23.0 Å². The summed E-state index contributed by atoms with van der Waals surface area (Å²) in [4.78, 5) is 57.6. The van der Waals surface area contributed by atoms with Crippen LogP contribution in [0.15, 0.2) is 58.4 Å². The summed E-state index contributed by atoms with van der Waals surface area (Å²) in [6, 6.07) is 1.14. The number of nitrogens with two attached hydrogens (primary N) is 6. The molecule has 4 saturated carbocycles. The summed E-state index contributed by atoms with van der Waals surface area (Å²) in [7, 11) is 0. The SMILES string of the molecule is O=COC1=CC(C2CC2)c2cc(N3CCN(Cn4c[c-]nn4)CC3)c(F)cc2C1=O.[C-]#C.[CH2-][C@H]1CC(N)[C@H](O[C@@H]2OC(CN)[C@H](O)C(O)[C@H]2O)C(O)[C@H]1OC1O[C@@H](CO)[C@H](O)C(N)[C@@H]1O.[N-]=[N+]=NCN1CCN(c2cc3c(cc2F)c(=O)c(OC=O)cn3C2CC2)CC1.[NH-][C@H]1CC(N)[C@H](O[C@@H]2OC(CN)[C@H](O)C(O)[C@H]2O)C(O)[C@H]1OC1O[C@@H](CO)[C@H](O)C(N)[C@@H]1O.[Y].[Y]. The molecule has 5 aliphatic carbocycles. The summed E-state index contributed by atoms with van der Waals surface area (Å²) in [5, 5.41) is 153. The van der Waals surface area contributed by atoms with E-state index in [4.69, 9.17) is 99.5 Å². The number of aliphatic hydroxyl groups excluding tert-OH is 14. The monoisotopic (exact) mass is 1960 g/mol. The van der Waals surface area contributed by atoms with Crippen molar-refractivity contribution < 1.29 is 207 Å². The van der Waals surface area contributed by atoms with E-state index in [-0.39, 0.29) is 133 Å². The van der Waals surface area contributed by atoms with Crippen LogP contribution in [0.5, 0.6) is 5.75 Å². The van der Waals surface area contributed by atoms with E-state index in [9.17, 15) is 95.1 Å². The molecule has 11 aliphatic rings. The number of halogens is 2. The fraction of sp³-hybridized carbons (Fsp3) is 0.679. The minimum absolute atomic E-state index is 0. The predicted octanol–water partition coefficient (Wildman–Crippen LogP) is -8.02. The summed E-state index contributed by atoms with van der Waals surface area (Å²) in [6.07, 6.45) is -12.3. The Labute approximate surface area is 783 Å². The Hall–Kier alpha value is -5.56. The summed E-state index contributed by atoms with van der Waals surface area (Å²) in [5.74, 6) is -1.65. The molecule has 13 unspecified atom stereocenters. The maximum atomic E-state index is 15.0. The van der Waals surface area contributed by atoms with Crippen LogP contribution in [0.25, 0.3) is 27.1 Å². The number of Topliss-reactive ketones (excluding diaryl/α,β-unsaturated/α-hetero) is 1. The van der Waals surface area contributed by atoms with Crippen molar-refractivity contribution in [3.8, 4) is 12.2 Å². The first-order chi connectivity index (χ1) is 60.3. The average Bonchev–Trinajstić information content (AvgIpc) is 1.49. The van der Waals surface area contributed by atoms with Crippen molar-refractivity contribution in [1.82, 2.24) is 29.4 Å². The van der Waals surface area contributed by atoms with Gasteiger partial charge in [-0.3, -0.25) is 33.7 Å². The fourth-order valence-electron chi connectivity index (χ4n) is 16.8. The smallest absolute Gasteiger partial charge is 0.298 e. The van der Waals surface area contributed by atoms with Gasteiger partial charge in [0.2, 0.25) is 11.2 Å². The number of benzene rings is 2. The molecule has 31 atom stereocenters. The van der Waals surface area contributed by atoms with E-state index < -0.39 is 219 Å². The molecule has 50 heteroatoms. The maximum absolute atomic E-state index is 15.0. The van der Waals surface area contributed by atoms with Crippen molar-refractivity contribution in [2.24, 2.45) is 51.4 Å². The molecule has 10 fully saturated rings. The number of aromatic nitrogens is 4. The van der Waals surface area contributed by atoms with Gasteiger partial charge in [-0.1, -0.05) is 11.5 Å². The molecule has 27 N–H and O–H groups in total. The van der Waals surface area contributed by atoms with Crippen molar-refractivity contribution in [3.05, 3.63) is 117 Å². The first kappa shape index (κ1) is 106. The van der Waals surface area contributed by atoms with Crippen LogP contribution in [0.3, 0.4) is 0 Å². The molecule has 4 aromatic rings. The summed E-state index contributed by atoms with van der Waals surface area (Å²) in [5.41, 5.74) is 53.7. The van der Waals surface area contributed by atoms with Crippen molar-refractivity contribution in [1.29, 1.82) is 0 Å². The Kier molecular flexibility index (Phi) is 39.9. The van der Waals surface area contributed by atoms with Gasteiger partial charge in [-0.05, 0) is 79.5 Å². The summed E-state index contributed by atoms with van der Waals surface area (Å²) in [6.45, 7) is 9.13. The molecule has 2 radical (unpaired) electrons. The van der Waals surface area contributed by atoms with Gasteiger partial charge in [-0.15, -0.1) is 23.4 Å². The number of anilines is 2. The van der Waals surface area contributed by atoms with Crippen molar-refractivity contribution in [3.63, 3.8) is 0 Å². The molecule has 8 heterocycles. The van der Waals surface area contributed by atoms with Gasteiger partial charge in [0, 0.05) is 165 Å². The molecule has 6 aliphatic heterocycles. The van der Waals surface area contributed by atoms with Crippen LogP contribution in [-0.4, -0.2) is 382 Å². The largest absolute Gasteiger partial charge is 0.697 e. The van der Waals surface area contributed by atoms with Crippen molar-refractivity contribution in [2.75, 3.05) is 95.1 Å². The predicted molar refractivity (Wildman–Crippen MR) is 430 cm³/mol. The van der Waals surface area contributed by atoms with Crippen LogP contribution < -0.4 is 54.4 Å². The zero-order valence-electron chi connectivity index (χ0n) is 69.4. The second-order valence-electron chi connectivity index (χ2n) is 32.6. The number of azide groups is 1. The quantitative estimate of drug-likeness (QED) is 0.00774. The maximum Gasteiger partial charge on any atom is 0.298 e. The molecule has 6 saturated heterocycles. The number of hydrogen-bond donors (Lipinski definition) is 20. The molecule has 15 rings (SSSR count). The number of carbonyl (C=O) groups excluding carboxylic acids is 3. The Bertz CT molecular complexity index is 4210. The minimum atomic E-state index is -1.68. The molecular weight excluding hydrogens is 1850 g/mol. The summed E-state index contributed by atoms with van der Waals surface area (Å²) < 4.78 is 87.6. The number of fused-ring (bicyclic) bond motifs is 2. The standard InChI is InChI=1S/C21H21FN5O3.C19H36N3O11.C18H19FN6O3.C18H35N4O11.C2H.2Y/c22-18-9-17-16(15(14-1-2-14)11-20(21(17)29)30-13-28)10-19(18)26-7-5-25(6-8-26)12-27-4-3-23-24-27;1-5-2-6(21)17(33-19-14(28)13(27)11(25)7(3-20)30-19)15(29)16(5)32-18-12(26)9(22)10(24)8(4-23)31-18;19-14-7-13-15(25(12-1-2-12)9-17(18(13)27)28-11-26)8-16(14)24-5-3-23(4-6-24)10-21-22-20;19-2-6-10(25)12(27)13(28)18(30-6)33-16-5(21)1-4(20)15(14(16)29)32-17-11(26)8(22)9(24)7(3-23)31-17;1-2;;/h4,9-11,13-15H,1-2,5-8,12H2;5-19,23-29H,1-4,20-22H2;7-9,11-12H,1-6,10H2;4-18,20,23-29H,1-3,19,21-22H2;1H;;/q2*-1;;2*-1;;/t;5-,6?,7?,8-,9?,10-,11-,12-,13?,14+,15?,16-,17-,18?,19-;;4-,5?,6?,7-,8?,9-,10-,11-,12?,13+,14?,15-,16-,17?,18-;;;/m.0.0.../s1. The van der Waals surface area contributed by atoms with Gasteiger partial charge in [0.15, 0.2) is 36.7 Å². The van der Waals surface area contributed by atoms with Gasteiger partial charge in [-0.25, -0.2) is 8.78 Å². The first-order valence-electron chi connectivity index (χ1n) is 41.1. The zero-order valence-corrected chi connectivity index (χ0v) is 75.1. The van der Waals surface area contributed by atoms with Crippen molar-refractivity contribution in [2.45, 2.75) is 235 Å². The van der Waals surface area contributed by atoms with Crippen LogP contribution in [-0.2, 0) is 124 Å². The van der Waals surface area contributed by atoms with Crippen LogP contribution in [0, 0.1) is 49.4 Å². The van der Waals surface area contributed by atoms with Gasteiger partial charge in [0.25, 0.3) is 12.9 Å². The number of terminal acetylenes is 1. The van der Waals surface area contributed by atoms with Gasteiger partial charge in [0.05, 0.1) is 79.3 Å². The Morgan fingerprint density at radius 3 is 1.58 bits per heavy atom. The molecule has 706 valence electrons. The number of nitrogens with one attached hydrogen (secondary N) is 1. The third-order valence-electron chi connectivity index (χ3n) is 24.3. The molecule has 46 nitrogen and oxygen atoms in total. The summed E-state index contributed by atoms with van der Waals surface area (Å²) >= 11 is 0. The number of pyridine rings is 1. The van der Waals surface area contributed by atoms with Gasteiger partial charge >= 0.3 is 0 Å². The second-order valence-corrected chi connectivity index (χ2v) is 32.6. The molecule has 2 aromatic heterocycles. The fourth-order valence-corrected chi connectivity index (χ4v) is 16.8. The van der Waals surface area contributed by atoms with E-state index in [2.05, 4.69) is 44.8 Å². The van der Waals surface area contributed by atoms with E-state index in [0.717, 1.165) is 44.3 Å². The number of carbonyl (C=O) groups is 3. The van der Waals surface area contributed by atoms with E-state index in [0.29, 0.717) is 81.0 Å². The van der Waals surface area contributed by atoms with Gasteiger partial charge in [-0.2, -0.15) is 0 Å². The molecule has 0 bridgehead atoms. The van der Waals surface area contributed by atoms with Crippen LogP contribution in [0.1, 0.15) is 66.4 Å². The number of piperazine rings is 2. The zero-order chi connectivity index (χ0) is 91.6. The second kappa shape index (κ2) is 48.1. The number of rotatable bonds is 24. The molecular formula is C78H112F2N18O28Y2-4. The van der Waals surface area contributed by atoms with Crippen molar-refractivity contribution >= 4 is 41.0 Å². The number of ketones is 1. The number of aliphatic hydroxyl groups is 14. The molecule has 0 spiro atoms. The van der Waals surface area contributed by atoms with Gasteiger partial charge < -0.3 is 204 Å². The van der Waals surface area contributed by atoms with Gasteiger partial charge in [0.1, 0.15) is 122 Å². The minimum Gasteiger partial charge on any atom is -0.697 e. The number of hydrogen-bond acceptors (Lipinski definition) is 41. The number of nitrogens with zero attached hydrogens (tertiary/aromatic N) is 11. The Morgan fingerprint density at radius 1 is 0.617 bits per heavy atom. The van der Waals surface area contributed by atoms with Crippen LogP contribution in [0.2, 0.25) is 0 Å².